The second-order valence-corrected chi connectivity index (χ2v) is 4.48. The molecule has 0 amide bonds. The maximum absolute atomic E-state index is 13.1. The summed E-state index contributed by atoms with van der Waals surface area (Å²) >= 11 is 0. The predicted molar refractivity (Wildman–Crippen MR) is 78.3 cm³/mol. The van der Waals surface area contributed by atoms with E-state index < -0.39 is 0 Å². The number of aromatic nitrogens is 1. The molecular weight excluding hydrogens is 271 g/mol. The van der Waals surface area contributed by atoms with Gasteiger partial charge in [-0.3, -0.25) is 0 Å². The highest BCUT2D eigenvalue weighted by molar-refractivity contribution is 5.89. The Morgan fingerprint density at radius 3 is 2.52 bits per heavy atom. The van der Waals surface area contributed by atoms with E-state index in [4.69, 9.17) is 15.0 Å². The van der Waals surface area contributed by atoms with Crippen LogP contribution in [0.2, 0.25) is 0 Å². The number of methoxy groups -OCH3 is 1. The Labute approximate surface area is 120 Å². The lowest BCUT2D eigenvalue weighted by molar-refractivity contribution is 0.416. The van der Waals surface area contributed by atoms with Crippen molar-refractivity contribution < 1.29 is 13.7 Å². The van der Waals surface area contributed by atoms with E-state index in [0.717, 1.165) is 11.1 Å². The van der Waals surface area contributed by atoms with Crippen LogP contribution in [-0.4, -0.2) is 12.3 Å². The van der Waals surface area contributed by atoms with Gasteiger partial charge in [0.15, 0.2) is 0 Å². The molecule has 5 heteroatoms. The van der Waals surface area contributed by atoms with Crippen molar-refractivity contribution in [3.63, 3.8) is 0 Å². The van der Waals surface area contributed by atoms with Gasteiger partial charge in [0.1, 0.15) is 17.3 Å². The van der Waals surface area contributed by atoms with E-state index >= 15 is 0 Å². The van der Waals surface area contributed by atoms with Crippen LogP contribution in [-0.2, 0) is 0 Å². The van der Waals surface area contributed by atoms with Crippen molar-refractivity contribution in [1.29, 1.82) is 0 Å². The van der Waals surface area contributed by atoms with E-state index in [1.807, 2.05) is 24.3 Å². The molecule has 0 aliphatic carbocycles. The average molecular weight is 284 g/mol. The Bertz CT molecular complexity index is 766. The molecule has 0 bridgehead atoms. The SMILES string of the molecule is COc1ccccc1-c1c(-c2ccc(F)cc2)noc1N. The number of nitrogens with two attached hydrogens (primary N) is 1. The van der Waals surface area contributed by atoms with Crippen LogP contribution in [0.3, 0.4) is 0 Å². The second-order valence-electron chi connectivity index (χ2n) is 4.48. The van der Waals surface area contributed by atoms with Gasteiger partial charge in [-0.05, 0) is 30.3 Å². The Balaban J connectivity index is 2.20. The molecule has 106 valence electrons. The van der Waals surface area contributed by atoms with Gasteiger partial charge in [0.05, 0.1) is 12.7 Å². The van der Waals surface area contributed by atoms with Crippen LogP contribution in [0.1, 0.15) is 0 Å². The van der Waals surface area contributed by atoms with Gasteiger partial charge in [0.25, 0.3) is 0 Å². The lowest BCUT2D eigenvalue weighted by Gasteiger charge is -2.08. The van der Waals surface area contributed by atoms with Gasteiger partial charge < -0.3 is 15.0 Å². The number of ether oxygens (including phenoxy) is 1. The first-order valence-corrected chi connectivity index (χ1v) is 6.35. The Kier molecular flexibility index (Phi) is 3.31. The maximum Gasteiger partial charge on any atom is 0.230 e. The summed E-state index contributed by atoms with van der Waals surface area (Å²) in [6.45, 7) is 0. The lowest BCUT2D eigenvalue weighted by Crippen LogP contribution is -1.92. The number of benzene rings is 2. The van der Waals surface area contributed by atoms with Crippen LogP contribution < -0.4 is 10.5 Å². The first-order chi connectivity index (χ1) is 10.2. The Morgan fingerprint density at radius 1 is 1.10 bits per heavy atom. The van der Waals surface area contributed by atoms with Gasteiger partial charge in [-0.2, -0.15) is 0 Å². The van der Waals surface area contributed by atoms with Crippen molar-refractivity contribution in [3.05, 3.63) is 54.3 Å². The summed E-state index contributed by atoms with van der Waals surface area (Å²) in [7, 11) is 1.58. The predicted octanol–water partition coefficient (Wildman–Crippen LogP) is 3.74. The van der Waals surface area contributed by atoms with Gasteiger partial charge in [0, 0.05) is 11.1 Å². The smallest absolute Gasteiger partial charge is 0.230 e. The minimum atomic E-state index is -0.311. The van der Waals surface area contributed by atoms with Crippen molar-refractivity contribution in [3.8, 4) is 28.1 Å². The fourth-order valence-corrected chi connectivity index (χ4v) is 2.22. The van der Waals surface area contributed by atoms with Crippen molar-refractivity contribution >= 4 is 5.88 Å². The van der Waals surface area contributed by atoms with Crippen LogP contribution in [0.5, 0.6) is 5.75 Å². The number of para-hydroxylation sites is 1. The van der Waals surface area contributed by atoms with Crippen molar-refractivity contribution in [1.82, 2.24) is 5.16 Å². The maximum atomic E-state index is 13.1. The van der Waals surface area contributed by atoms with E-state index in [0.29, 0.717) is 17.0 Å². The third kappa shape index (κ3) is 2.33. The summed E-state index contributed by atoms with van der Waals surface area (Å²) in [6.07, 6.45) is 0. The van der Waals surface area contributed by atoms with E-state index in [1.54, 1.807) is 19.2 Å². The third-order valence-electron chi connectivity index (χ3n) is 3.21. The van der Waals surface area contributed by atoms with Crippen LogP contribution in [0.25, 0.3) is 22.4 Å². The zero-order chi connectivity index (χ0) is 14.8. The highest BCUT2D eigenvalue weighted by atomic mass is 19.1. The van der Waals surface area contributed by atoms with E-state index in [2.05, 4.69) is 5.16 Å². The molecule has 0 spiro atoms. The monoisotopic (exact) mass is 284 g/mol. The van der Waals surface area contributed by atoms with Crippen LogP contribution in [0.4, 0.5) is 10.3 Å². The molecule has 0 radical (unpaired) electrons. The average Bonchev–Trinajstić information content (AvgIpc) is 2.89. The van der Waals surface area contributed by atoms with E-state index in [9.17, 15) is 4.39 Å². The van der Waals surface area contributed by atoms with Gasteiger partial charge in [-0.1, -0.05) is 23.4 Å². The third-order valence-corrected chi connectivity index (χ3v) is 3.21. The van der Waals surface area contributed by atoms with Crippen LogP contribution >= 0.6 is 0 Å². The van der Waals surface area contributed by atoms with Crippen LogP contribution in [0.15, 0.2) is 53.1 Å². The molecule has 0 fully saturated rings. The molecule has 2 aromatic carbocycles. The van der Waals surface area contributed by atoms with Crippen molar-refractivity contribution in [2.45, 2.75) is 0 Å². The van der Waals surface area contributed by atoms with Gasteiger partial charge >= 0.3 is 0 Å². The number of hydrogen-bond donors (Lipinski definition) is 1. The van der Waals surface area contributed by atoms with Gasteiger partial charge in [-0.15, -0.1) is 0 Å². The number of anilines is 1. The standard InChI is InChI=1S/C16H13FN2O2/c1-20-13-5-3-2-4-12(13)14-15(19-21-16(14)18)10-6-8-11(17)9-7-10/h2-9H,18H2,1H3. The highest BCUT2D eigenvalue weighted by Crippen LogP contribution is 2.40. The summed E-state index contributed by atoms with van der Waals surface area (Å²) in [5.74, 6) is 0.545. The zero-order valence-electron chi connectivity index (χ0n) is 11.3. The molecule has 0 unspecified atom stereocenters. The molecular formula is C16H13FN2O2. The summed E-state index contributed by atoms with van der Waals surface area (Å²) in [6, 6.07) is 13.4. The number of rotatable bonds is 3. The number of nitrogens with zero attached hydrogens (tertiary/aromatic N) is 1. The fourth-order valence-electron chi connectivity index (χ4n) is 2.22. The van der Waals surface area contributed by atoms with Crippen molar-refractivity contribution in [2.24, 2.45) is 0 Å². The van der Waals surface area contributed by atoms with Crippen molar-refractivity contribution in [2.75, 3.05) is 12.8 Å². The number of halogens is 1. The van der Waals surface area contributed by atoms with Gasteiger partial charge in [0.2, 0.25) is 5.88 Å². The first kappa shape index (κ1) is 13.2. The zero-order valence-corrected chi connectivity index (χ0v) is 11.3. The normalized spacial score (nSPS) is 10.6. The molecule has 3 rings (SSSR count). The molecule has 0 aliphatic heterocycles. The Morgan fingerprint density at radius 2 is 1.81 bits per heavy atom. The fraction of sp³-hybridized carbons (Fsp3) is 0.0625. The first-order valence-electron chi connectivity index (χ1n) is 6.35. The summed E-state index contributed by atoms with van der Waals surface area (Å²) in [4.78, 5) is 0. The molecule has 0 aliphatic rings. The molecule has 1 aromatic heterocycles. The Hall–Kier alpha value is -2.82. The largest absolute Gasteiger partial charge is 0.496 e. The number of hydrogen-bond acceptors (Lipinski definition) is 4. The van der Waals surface area contributed by atoms with E-state index in [1.165, 1.54) is 12.1 Å². The molecule has 0 saturated heterocycles. The summed E-state index contributed by atoms with van der Waals surface area (Å²) in [5, 5.41) is 3.99. The molecule has 4 nitrogen and oxygen atoms in total. The van der Waals surface area contributed by atoms with Crippen LogP contribution in [0, 0.1) is 5.82 Å². The molecule has 2 N–H and O–H groups in total. The molecule has 0 atom stereocenters. The molecule has 3 aromatic rings. The minimum Gasteiger partial charge on any atom is -0.496 e. The number of nitrogen functional groups attached to an aromatic ring is 1. The van der Waals surface area contributed by atoms with E-state index in [-0.39, 0.29) is 11.7 Å². The molecule has 0 saturated carbocycles. The highest BCUT2D eigenvalue weighted by Gasteiger charge is 2.20. The quantitative estimate of drug-likeness (QED) is 0.796. The summed E-state index contributed by atoms with van der Waals surface area (Å²) < 4.78 is 23.5. The minimum absolute atomic E-state index is 0.193. The molecule has 21 heavy (non-hydrogen) atoms. The summed E-state index contributed by atoms with van der Waals surface area (Å²) in [5.41, 5.74) is 8.59. The lowest BCUT2D eigenvalue weighted by atomic mass is 10.00. The second kappa shape index (κ2) is 5.28. The van der Waals surface area contributed by atoms with Gasteiger partial charge in [-0.25, -0.2) is 4.39 Å². The topological polar surface area (TPSA) is 61.3 Å². The molecule has 1 heterocycles.